The number of nitrogens with one attached hydrogen (secondary N) is 1. The first kappa shape index (κ1) is 21.9. The smallest absolute Gasteiger partial charge is 0.270 e. The van der Waals surface area contributed by atoms with Crippen molar-refractivity contribution >= 4 is 53.7 Å². The Morgan fingerprint density at radius 2 is 2.22 bits per heavy atom. The van der Waals surface area contributed by atoms with Crippen LogP contribution < -0.4 is 15.8 Å². The summed E-state index contributed by atoms with van der Waals surface area (Å²) in [5.74, 6) is 0.123. The molecule has 2 aromatic heterocycles. The fraction of sp³-hybridized carbons (Fsp3) is 0.308. The number of hydrogen-bond acceptors (Lipinski definition) is 6. The van der Waals surface area contributed by atoms with Gasteiger partial charge in [0.15, 0.2) is 0 Å². The Morgan fingerprint density at radius 1 is 1.43 bits per heavy atom. The molecule has 0 fully saturated rings. The van der Waals surface area contributed by atoms with Crippen LogP contribution in [0.15, 0.2) is 23.7 Å². The molecule has 6 nitrogen and oxygen atoms in total. The van der Waals surface area contributed by atoms with Crippen molar-refractivity contribution in [2.75, 3.05) is 19.7 Å². The second-order valence-electron chi connectivity index (χ2n) is 4.06. The number of carbonyl (C=O) groups excluding carboxylic acids is 1. The number of rotatable bonds is 7. The lowest BCUT2D eigenvalue weighted by Crippen LogP contribution is -2.28. The number of aromatic nitrogens is 2. The van der Waals surface area contributed by atoms with Crippen molar-refractivity contribution in [3.05, 3.63) is 39.4 Å². The molecular weight excluding hydrogens is 383 g/mol. The second-order valence-corrected chi connectivity index (χ2v) is 5.41. The molecule has 0 saturated carbocycles. The third-order valence-electron chi connectivity index (χ3n) is 2.49. The number of nitrogens with zero attached hydrogens (tertiary/aromatic N) is 2. The zero-order chi connectivity index (χ0) is 15.1. The highest BCUT2D eigenvalue weighted by atomic mass is 35.5. The summed E-state index contributed by atoms with van der Waals surface area (Å²) < 4.78 is 5.37. The molecule has 1 amide bonds. The molecule has 0 aromatic carbocycles. The standard InChI is InChI=1S/C13H15ClN4O2S.2ClH/c14-9-2-1-5-17-13(9)20-7-6-16-12(19)10-8-21-11(18-10)3-4-15;;/h1-2,5,8H,3-4,6-7,15H2,(H,16,19);2*1H. The van der Waals surface area contributed by atoms with Crippen molar-refractivity contribution in [2.24, 2.45) is 5.73 Å². The maximum atomic E-state index is 11.8. The van der Waals surface area contributed by atoms with Crippen molar-refractivity contribution in [2.45, 2.75) is 6.42 Å². The number of ether oxygens (including phenoxy) is 1. The number of amides is 1. The van der Waals surface area contributed by atoms with Crippen LogP contribution in [0.5, 0.6) is 5.88 Å². The van der Waals surface area contributed by atoms with Crippen LogP contribution in [0.1, 0.15) is 15.5 Å². The van der Waals surface area contributed by atoms with E-state index < -0.39 is 0 Å². The van der Waals surface area contributed by atoms with E-state index in [2.05, 4.69) is 15.3 Å². The summed E-state index contributed by atoms with van der Waals surface area (Å²) in [6, 6.07) is 3.41. The summed E-state index contributed by atoms with van der Waals surface area (Å²) in [4.78, 5) is 20.0. The van der Waals surface area contributed by atoms with Crippen LogP contribution in [0.3, 0.4) is 0 Å². The van der Waals surface area contributed by atoms with Gasteiger partial charge >= 0.3 is 0 Å². The monoisotopic (exact) mass is 398 g/mol. The van der Waals surface area contributed by atoms with E-state index in [9.17, 15) is 4.79 Å². The Kier molecular flexibility index (Phi) is 10.9. The zero-order valence-corrected chi connectivity index (χ0v) is 15.2. The van der Waals surface area contributed by atoms with Gasteiger partial charge in [0.25, 0.3) is 5.91 Å². The molecule has 0 unspecified atom stereocenters. The minimum absolute atomic E-state index is 0. The van der Waals surface area contributed by atoms with Gasteiger partial charge in [-0.15, -0.1) is 36.2 Å². The van der Waals surface area contributed by atoms with E-state index in [-0.39, 0.29) is 37.3 Å². The van der Waals surface area contributed by atoms with E-state index in [0.717, 1.165) is 5.01 Å². The molecule has 3 N–H and O–H groups in total. The van der Waals surface area contributed by atoms with E-state index in [0.29, 0.717) is 36.1 Å². The first-order valence-corrected chi connectivity index (χ1v) is 7.62. The third-order valence-corrected chi connectivity index (χ3v) is 3.69. The molecule has 0 aliphatic rings. The lowest BCUT2D eigenvalue weighted by molar-refractivity contribution is 0.0942. The molecule has 0 radical (unpaired) electrons. The SMILES string of the molecule is Cl.Cl.NCCc1nc(C(=O)NCCOc2ncccc2Cl)cs1. The Labute approximate surface area is 155 Å². The lowest BCUT2D eigenvalue weighted by Gasteiger charge is -2.07. The van der Waals surface area contributed by atoms with E-state index >= 15 is 0 Å². The molecule has 0 atom stereocenters. The van der Waals surface area contributed by atoms with Gasteiger partial charge in [-0.1, -0.05) is 11.6 Å². The average molecular weight is 400 g/mol. The van der Waals surface area contributed by atoms with Crippen LogP contribution in [0.2, 0.25) is 5.02 Å². The topological polar surface area (TPSA) is 90.1 Å². The van der Waals surface area contributed by atoms with Crippen molar-refractivity contribution in [3.63, 3.8) is 0 Å². The number of pyridine rings is 1. The number of thiazole rings is 1. The van der Waals surface area contributed by atoms with Gasteiger partial charge < -0.3 is 15.8 Å². The fourth-order valence-corrected chi connectivity index (χ4v) is 2.50. The molecule has 23 heavy (non-hydrogen) atoms. The summed E-state index contributed by atoms with van der Waals surface area (Å²) in [5, 5.41) is 5.74. The quantitative estimate of drug-likeness (QED) is 0.697. The first-order valence-electron chi connectivity index (χ1n) is 6.36. The maximum absolute atomic E-state index is 11.8. The first-order chi connectivity index (χ1) is 10.2. The fourth-order valence-electron chi connectivity index (χ4n) is 1.53. The Morgan fingerprint density at radius 3 is 2.91 bits per heavy atom. The lowest BCUT2D eigenvalue weighted by atomic mass is 10.4. The summed E-state index contributed by atoms with van der Waals surface area (Å²) >= 11 is 7.33. The number of halogens is 3. The molecule has 10 heteroatoms. The van der Waals surface area contributed by atoms with Crippen molar-refractivity contribution in [3.8, 4) is 5.88 Å². The molecule has 0 aliphatic carbocycles. The highest BCUT2D eigenvalue weighted by Crippen LogP contribution is 2.19. The van der Waals surface area contributed by atoms with E-state index in [4.69, 9.17) is 22.1 Å². The van der Waals surface area contributed by atoms with E-state index in [1.54, 1.807) is 23.7 Å². The van der Waals surface area contributed by atoms with Gasteiger partial charge in [0.1, 0.15) is 17.3 Å². The summed E-state index contributed by atoms with van der Waals surface area (Å²) in [7, 11) is 0. The predicted octanol–water partition coefficient (Wildman–Crippen LogP) is 2.35. The predicted molar refractivity (Wildman–Crippen MR) is 96.4 cm³/mol. The number of nitrogens with two attached hydrogens (primary N) is 1. The average Bonchev–Trinajstić information content (AvgIpc) is 2.94. The largest absolute Gasteiger partial charge is 0.475 e. The van der Waals surface area contributed by atoms with E-state index in [1.807, 2.05) is 0 Å². The molecule has 128 valence electrons. The molecule has 0 spiro atoms. The molecule has 2 rings (SSSR count). The molecular formula is C13H17Cl3N4O2S. The van der Waals surface area contributed by atoms with Gasteiger partial charge in [0, 0.05) is 18.0 Å². The number of carbonyl (C=O) groups is 1. The molecule has 2 aromatic rings. The summed E-state index contributed by atoms with van der Waals surface area (Å²) in [6.07, 6.45) is 2.27. The van der Waals surface area contributed by atoms with Crippen LogP contribution >= 0.6 is 47.8 Å². The van der Waals surface area contributed by atoms with Crippen LogP contribution in [0.4, 0.5) is 0 Å². The third kappa shape index (κ3) is 6.88. The van der Waals surface area contributed by atoms with Gasteiger partial charge in [-0.3, -0.25) is 4.79 Å². The van der Waals surface area contributed by atoms with Gasteiger partial charge in [0.05, 0.1) is 11.6 Å². The van der Waals surface area contributed by atoms with Gasteiger partial charge in [-0.25, -0.2) is 9.97 Å². The summed E-state index contributed by atoms with van der Waals surface area (Å²) in [5.41, 5.74) is 5.85. The van der Waals surface area contributed by atoms with Crippen molar-refractivity contribution < 1.29 is 9.53 Å². The number of hydrogen-bond donors (Lipinski definition) is 2. The zero-order valence-electron chi connectivity index (χ0n) is 12.0. The highest BCUT2D eigenvalue weighted by Gasteiger charge is 2.10. The Hall–Kier alpha value is -1.12. The summed E-state index contributed by atoms with van der Waals surface area (Å²) in [6.45, 7) is 1.14. The Balaban J connectivity index is 0.00000242. The van der Waals surface area contributed by atoms with Crippen LogP contribution in [-0.2, 0) is 6.42 Å². The second kappa shape index (κ2) is 11.4. The normalized spacial score (nSPS) is 9.48. The van der Waals surface area contributed by atoms with Crippen molar-refractivity contribution in [1.29, 1.82) is 0 Å². The van der Waals surface area contributed by atoms with Crippen molar-refractivity contribution in [1.82, 2.24) is 15.3 Å². The van der Waals surface area contributed by atoms with Gasteiger partial charge in [0.2, 0.25) is 5.88 Å². The molecule has 0 bridgehead atoms. The minimum Gasteiger partial charge on any atom is -0.475 e. The molecule has 2 heterocycles. The van der Waals surface area contributed by atoms with Gasteiger partial charge in [-0.05, 0) is 18.7 Å². The van der Waals surface area contributed by atoms with E-state index in [1.165, 1.54) is 11.3 Å². The molecule has 0 saturated heterocycles. The van der Waals surface area contributed by atoms with Crippen LogP contribution in [-0.4, -0.2) is 35.6 Å². The van der Waals surface area contributed by atoms with Gasteiger partial charge in [-0.2, -0.15) is 0 Å². The molecule has 0 aliphatic heterocycles. The van der Waals surface area contributed by atoms with Crippen LogP contribution in [0.25, 0.3) is 0 Å². The van der Waals surface area contributed by atoms with Crippen LogP contribution in [0, 0.1) is 0 Å². The maximum Gasteiger partial charge on any atom is 0.270 e. The highest BCUT2D eigenvalue weighted by molar-refractivity contribution is 7.09. The minimum atomic E-state index is -0.231. The Bertz CT molecular complexity index is 612.